The molecule has 2 nitrogen and oxygen atoms in total. The lowest BCUT2D eigenvalue weighted by molar-refractivity contribution is 0.424. The van der Waals surface area contributed by atoms with Crippen LogP contribution in [0.15, 0.2) is 48.5 Å². The van der Waals surface area contributed by atoms with Crippen molar-refractivity contribution < 1.29 is 4.74 Å². The monoisotopic (exact) mass is 223 g/mol. The van der Waals surface area contributed by atoms with Crippen LogP contribution in [0.3, 0.4) is 0 Å². The first-order chi connectivity index (χ1) is 8.29. The van der Waals surface area contributed by atoms with Crippen molar-refractivity contribution in [1.82, 2.24) is 0 Å². The van der Waals surface area contributed by atoms with Gasteiger partial charge in [0.05, 0.1) is 7.11 Å². The number of nitrogens with two attached hydrogens (primary N) is 1. The lowest BCUT2D eigenvalue weighted by atomic mass is 10.0. The van der Waals surface area contributed by atoms with Crippen LogP contribution in [0.2, 0.25) is 0 Å². The summed E-state index contributed by atoms with van der Waals surface area (Å²) in [6.45, 7) is 0. The summed E-state index contributed by atoms with van der Waals surface area (Å²) in [5, 5.41) is 4.51. The van der Waals surface area contributed by atoms with E-state index in [1.807, 2.05) is 30.3 Å². The number of hydrogen-bond acceptors (Lipinski definition) is 2. The summed E-state index contributed by atoms with van der Waals surface area (Å²) in [6, 6.07) is 16.2. The summed E-state index contributed by atoms with van der Waals surface area (Å²) in [5.41, 5.74) is 6.59. The molecule has 0 radical (unpaired) electrons. The molecule has 0 aliphatic rings. The summed E-state index contributed by atoms with van der Waals surface area (Å²) >= 11 is 0. The van der Waals surface area contributed by atoms with E-state index in [1.165, 1.54) is 5.39 Å². The average molecular weight is 223 g/mol. The number of ether oxygens (including phenoxy) is 1. The molecule has 2 N–H and O–H groups in total. The molecule has 0 aliphatic heterocycles. The van der Waals surface area contributed by atoms with Crippen molar-refractivity contribution in [1.29, 1.82) is 0 Å². The van der Waals surface area contributed by atoms with Gasteiger partial charge in [0, 0.05) is 16.5 Å². The normalized spacial score (nSPS) is 10.9. The molecule has 3 rings (SSSR count). The Morgan fingerprint density at radius 1 is 0.882 bits per heavy atom. The number of hydrogen-bond donors (Lipinski definition) is 1. The number of benzene rings is 3. The highest BCUT2D eigenvalue weighted by Crippen LogP contribution is 2.35. The molecule has 0 saturated heterocycles. The molecular weight excluding hydrogens is 210 g/mol. The zero-order valence-corrected chi connectivity index (χ0v) is 9.60. The SMILES string of the molecule is COc1c2ccccc2cc2cc(N)ccc12. The third-order valence-corrected chi connectivity index (χ3v) is 3.04. The fourth-order valence-electron chi connectivity index (χ4n) is 2.27. The average Bonchev–Trinajstić information content (AvgIpc) is 2.35. The third kappa shape index (κ3) is 1.49. The number of anilines is 1. The number of fused-ring (bicyclic) bond motifs is 2. The van der Waals surface area contributed by atoms with E-state index >= 15 is 0 Å². The lowest BCUT2D eigenvalue weighted by Crippen LogP contribution is -1.89. The zero-order chi connectivity index (χ0) is 11.8. The molecule has 0 bridgehead atoms. The van der Waals surface area contributed by atoms with Crippen LogP contribution >= 0.6 is 0 Å². The molecule has 0 unspecified atom stereocenters. The molecule has 0 atom stereocenters. The Balaban J connectivity index is 2.53. The fourth-order valence-corrected chi connectivity index (χ4v) is 2.27. The fraction of sp³-hybridized carbons (Fsp3) is 0.0667. The molecule has 0 spiro atoms. The van der Waals surface area contributed by atoms with E-state index in [2.05, 4.69) is 18.2 Å². The van der Waals surface area contributed by atoms with Gasteiger partial charge < -0.3 is 10.5 Å². The van der Waals surface area contributed by atoms with Crippen molar-refractivity contribution in [3.8, 4) is 5.75 Å². The van der Waals surface area contributed by atoms with Crippen molar-refractivity contribution in [3.05, 3.63) is 48.5 Å². The topological polar surface area (TPSA) is 35.2 Å². The van der Waals surface area contributed by atoms with Gasteiger partial charge in [-0.3, -0.25) is 0 Å². The van der Waals surface area contributed by atoms with Crippen LogP contribution in [0.1, 0.15) is 0 Å². The smallest absolute Gasteiger partial charge is 0.134 e. The molecule has 2 heteroatoms. The molecule has 0 heterocycles. The molecule has 84 valence electrons. The largest absolute Gasteiger partial charge is 0.495 e. The molecule has 0 saturated carbocycles. The van der Waals surface area contributed by atoms with Crippen LogP contribution in [0, 0.1) is 0 Å². The molecule has 0 aromatic heterocycles. The van der Waals surface area contributed by atoms with Gasteiger partial charge in [-0.2, -0.15) is 0 Å². The van der Waals surface area contributed by atoms with E-state index in [4.69, 9.17) is 10.5 Å². The van der Waals surface area contributed by atoms with E-state index in [9.17, 15) is 0 Å². The summed E-state index contributed by atoms with van der Waals surface area (Å²) < 4.78 is 5.54. The molecule has 17 heavy (non-hydrogen) atoms. The molecule has 0 amide bonds. The minimum absolute atomic E-state index is 0.773. The van der Waals surface area contributed by atoms with Gasteiger partial charge in [0.1, 0.15) is 5.75 Å². The van der Waals surface area contributed by atoms with Gasteiger partial charge in [-0.1, -0.05) is 24.3 Å². The van der Waals surface area contributed by atoms with Crippen molar-refractivity contribution in [2.45, 2.75) is 0 Å². The highest BCUT2D eigenvalue weighted by Gasteiger charge is 2.07. The van der Waals surface area contributed by atoms with E-state index in [-0.39, 0.29) is 0 Å². The van der Waals surface area contributed by atoms with E-state index < -0.39 is 0 Å². The zero-order valence-electron chi connectivity index (χ0n) is 9.60. The van der Waals surface area contributed by atoms with Gasteiger partial charge in [0.25, 0.3) is 0 Å². The predicted octanol–water partition coefficient (Wildman–Crippen LogP) is 3.58. The Bertz CT molecular complexity index is 704. The van der Waals surface area contributed by atoms with Gasteiger partial charge >= 0.3 is 0 Å². The van der Waals surface area contributed by atoms with Crippen LogP contribution in [-0.2, 0) is 0 Å². The van der Waals surface area contributed by atoms with Crippen LogP contribution in [0.4, 0.5) is 5.69 Å². The summed E-state index contributed by atoms with van der Waals surface area (Å²) in [4.78, 5) is 0. The molecule has 3 aromatic carbocycles. The first kappa shape index (κ1) is 9.97. The summed E-state index contributed by atoms with van der Waals surface area (Å²) in [5.74, 6) is 0.915. The lowest BCUT2D eigenvalue weighted by Gasteiger charge is -2.10. The Kier molecular flexibility index (Phi) is 2.15. The van der Waals surface area contributed by atoms with Crippen molar-refractivity contribution in [3.63, 3.8) is 0 Å². The highest BCUT2D eigenvalue weighted by molar-refractivity contribution is 6.06. The van der Waals surface area contributed by atoms with Gasteiger partial charge in [-0.05, 0) is 35.0 Å². The molecular formula is C15H13NO. The maximum atomic E-state index is 5.82. The second-order valence-corrected chi connectivity index (χ2v) is 4.11. The standard InChI is InChI=1S/C15H13NO/c1-17-15-13-5-3-2-4-10(13)8-11-9-12(16)6-7-14(11)15/h2-9H,16H2,1H3. The number of methoxy groups -OCH3 is 1. The molecule has 0 aliphatic carbocycles. The van der Waals surface area contributed by atoms with E-state index in [1.54, 1.807) is 7.11 Å². The van der Waals surface area contributed by atoms with Crippen molar-refractivity contribution in [2.75, 3.05) is 12.8 Å². The number of nitrogen functional groups attached to an aromatic ring is 1. The predicted molar refractivity (Wildman–Crippen MR) is 72.4 cm³/mol. The first-order valence-electron chi connectivity index (χ1n) is 5.54. The molecule has 0 fully saturated rings. The van der Waals surface area contributed by atoms with Gasteiger partial charge in [-0.25, -0.2) is 0 Å². The first-order valence-corrected chi connectivity index (χ1v) is 5.54. The van der Waals surface area contributed by atoms with Crippen molar-refractivity contribution in [2.24, 2.45) is 0 Å². The maximum absolute atomic E-state index is 5.82. The minimum atomic E-state index is 0.773. The Labute approximate surface area is 99.6 Å². The van der Waals surface area contributed by atoms with Crippen LogP contribution in [0.25, 0.3) is 21.5 Å². The summed E-state index contributed by atoms with van der Waals surface area (Å²) in [6.07, 6.45) is 0. The minimum Gasteiger partial charge on any atom is -0.495 e. The van der Waals surface area contributed by atoms with E-state index in [0.29, 0.717) is 0 Å². The van der Waals surface area contributed by atoms with Gasteiger partial charge in [-0.15, -0.1) is 0 Å². The Morgan fingerprint density at radius 2 is 1.65 bits per heavy atom. The number of rotatable bonds is 1. The Hall–Kier alpha value is -2.22. The second-order valence-electron chi connectivity index (χ2n) is 4.11. The van der Waals surface area contributed by atoms with Gasteiger partial charge in [0.15, 0.2) is 0 Å². The van der Waals surface area contributed by atoms with Crippen LogP contribution in [0.5, 0.6) is 5.75 Å². The van der Waals surface area contributed by atoms with Gasteiger partial charge in [0.2, 0.25) is 0 Å². The Morgan fingerprint density at radius 3 is 2.47 bits per heavy atom. The maximum Gasteiger partial charge on any atom is 0.134 e. The van der Waals surface area contributed by atoms with Crippen molar-refractivity contribution >= 4 is 27.2 Å². The quantitative estimate of drug-likeness (QED) is 0.505. The van der Waals surface area contributed by atoms with Crippen LogP contribution in [-0.4, -0.2) is 7.11 Å². The molecule has 3 aromatic rings. The third-order valence-electron chi connectivity index (χ3n) is 3.04. The second kappa shape index (κ2) is 3.67. The highest BCUT2D eigenvalue weighted by atomic mass is 16.5. The summed E-state index contributed by atoms with van der Waals surface area (Å²) in [7, 11) is 1.71. The van der Waals surface area contributed by atoms with Crippen LogP contribution < -0.4 is 10.5 Å². The van der Waals surface area contributed by atoms with E-state index in [0.717, 1.165) is 27.6 Å².